The van der Waals surface area contributed by atoms with Gasteiger partial charge in [-0.2, -0.15) is 5.10 Å². The quantitative estimate of drug-likeness (QED) is 0.789. The fourth-order valence-corrected chi connectivity index (χ4v) is 3.82. The Balaban J connectivity index is 1.48. The Morgan fingerprint density at radius 2 is 2.42 bits per heavy atom. The second kappa shape index (κ2) is 6.20. The van der Waals surface area contributed by atoms with Crippen LogP contribution in [-0.2, 0) is 6.42 Å². The van der Waals surface area contributed by atoms with Gasteiger partial charge in [0, 0.05) is 19.5 Å². The van der Waals surface area contributed by atoms with E-state index in [0.29, 0.717) is 12.2 Å². The minimum atomic E-state index is -0.0253. The highest BCUT2D eigenvalue weighted by molar-refractivity contribution is 7.13. The molecular formula is C16H18N6OS. The molecule has 0 spiro atoms. The second-order valence-corrected chi connectivity index (χ2v) is 6.79. The summed E-state index contributed by atoms with van der Waals surface area (Å²) in [5.74, 6) is 0.941. The first-order valence-electron chi connectivity index (χ1n) is 8.03. The van der Waals surface area contributed by atoms with Crippen molar-refractivity contribution in [1.29, 1.82) is 0 Å². The van der Waals surface area contributed by atoms with Gasteiger partial charge in [-0.1, -0.05) is 13.0 Å². The lowest BCUT2D eigenvalue weighted by molar-refractivity contribution is 0.0781. The summed E-state index contributed by atoms with van der Waals surface area (Å²) in [6.45, 7) is 3.46. The second-order valence-electron chi connectivity index (χ2n) is 5.85. The van der Waals surface area contributed by atoms with E-state index in [1.54, 1.807) is 17.7 Å². The van der Waals surface area contributed by atoms with E-state index in [0.717, 1.165) is 35.8 Å². The minimum absolute atomic E-state index is 0.0253. The molecule has 1 amide bonds. The summed E-state index contributed by atoms with van der Waals surface area (Å²) < 4.78 is 2.09. The molecule has 1 aliphatic rings. The van der Waals surface area contributed by atoms with Crippen LogP contribution in [0.5, 0.6) is 0 Å². The number of likely N-dealkylation sites (tertiary alicyclic amines) is 1. The molecule has 0 aliphatic carbocycles. The fourth-order valence-electron chi connectivity index (χ4n) is 3.13. The van der Waals surface area contributed by atoms with Crippen LogP contribution >= 0.6 is 11.3 Å². The number of aromatic amines is 1. The topological polar surface area (TPSA) is 79.7 Å². The van der Waals surface area contributed by atoms with Crippen molar-refractivity contribution in [3.63, 3.8) is 0 Å². The van der Waals surface area contributed by atoms with Gasteiger partial charge >= 0.3 is 0 Å². The summed E-state index contributed by atoms with van der Waals surface area (Å²) in [5.41, 5.74) is 1.36. The van der Waals surface area contributed by atoms with Gasteiger partial charge in [0.25, 0.3) is 5.91 Å². The smallest absolute Gasteiger partial charge is 0.274 e. The number of carbonyl (C=O) groups excluding carboxylic acids is 1. The lowest BCUT2D eigenvalue weighted by Gasteiger charge is -2.16. The molecule has 4 heterocycles. The normalized spacial score (nSPS) is 17.5. The Morgan fingerprint density at radius 3 is 3.21 bits per heavy atom. The number of amides is 1. The molecule has 8 heteroatoms. The molecular weight excluding hydrogens is 324 g/mol. The number of nitrogens with zero attached hydrogens (tertiary/aromatic N) is 5. The van der Waals surface area contributed by atoms with E-state index >= 15 is 0 Å². The Hall–Kier alpha value is -2.48. The first-order valence-corrected chi connectivity index (χ1v) is 8.91. The van der Waals surface area contributed by atoms with E-state index in [-0.39, 0.29) is 11.9 Å². The summed E-state index contributed by atoms with van der Waals surface area (Å²) in [7, 11) is 0. The van der Waals surface area contributed by atoms with Crippen molar-refractivity contribution in [1.82, 2.24) is 29.9 Å². The summed E-state index contributed by atoms with van der Waals surface area (Å²) in [6.07, 6.45) is 3.52. The van der Waals surface area contributed by atoms with E-state index < -0.39 is 0 Å². The number of aromatic nitrogens is 5. The van der Waals surface area contributed by atoms with Crippen molar-refractivity contribution in [2.45, 2.75) is 25.8 Å². The molecule has 124 valence electrons. The fraction of sp³-hybridized carbons (Fsp3) is 0.375. The van der Waals surface area contributed by atoms with Gasteiger partial charge in [0.05, 0.1) is 16.6 Å². The van der Waals surface area contributed by atoms with E-state index in [1.165, 1.54) is 0 Å². The maximum absolute atomic E-state index is 12.7. The summed E-state index contributed by atoms with van der Waals surface area (Å²) in [4.78, 5) is 15.6. The maximum atomic E-state index is 12.7. The molecule has 3 aromatic heterocycles. The Morgan fingerprint density at radius 1 is 1.50 bits per heavy atom. The highest BCUT2D eigenvalue weighted by Crippen LogP contribution is 2.26. The molecule has 0 aromatic carbocycles. The lowest BCUT2D eigenvalue weighted by Crippen LogP contribution is -2.29. The molecule has 24 heavy (non-hydrogen) atoms. The van der Waals surface area contributed by atoms with Crippen molar-refractivity contribution in [3.8, 4) is 10.6 Å². The van der Waals surface area contributed by atoms with Crippen LogP contribution in [0.4, 0.5) is 0 Å². The molecule has 4 rings (SSSR count). The van der Waals surface area contributed by atoms with Crippen LogP contribution in [0.1, 0.15) is 35.7 Å². The van der Waals surface area contributed by atoms with Crippen molar-refractivity contribution >= 4 is 17.2 Å². The third-order valence-electron chi connectivity index (χ3n) is 4.39. The lowest BCUT2D eigenvalue weighted by atomic mass is 10.2. The van der Waals surface area contributed by atoms with Crippen molar-refractivity contribution in [3.05, 3.63) is 41.4 Å². The molecule has 1 N–H and O–H groups in total. The summed E-state index contributed by atoms with van der Waals surface area (Å²) in [5, 5.41) is 17.3. The van der Waals surface area contributed by atoms with E-state index in [1.807, 2.05) is 28.5 Å². The Bertz CT molecular complexity index is 837. The zero-order valence-electron chi connectivity index (χ0n) is 13.3. The number of H-pyrrole nitrogens is 1. The number of hydrogen-bond donors (Lipinski definition) is 1. The first kappa shape index (κ1) is 15.1. The summed E-state index contributed by atoms with van der Waals surface area (Å²) in [6, 6.07) is 6.07. The van der Waals surface area contributed by atoms with Gasteiger partial charge in [-0.15, -0.1) is 21.5 Å². The largest absolute Gasteiger partial charge is 0.335 e. The number of hydrogen-bond acceptors (Lipinski definition) is 5. The van der Waals surface area contributed by atoms with Crippen LogP contribution in [0.25, 0.3) is 10.6 Å². The highest BCUT2D eigenvalue weighted by Gasteiger charge is 2.30. The monoisotopic (exact) mass is 342 g/mol. The molecule has 1 atom stereocenters. The van der Waals surface area contributed by atoms with Crippen molar-refractivity contribution in [2.24, 2.45) is 0 Å². The zero-order chi connectivity index (χ0) is 16.5. The van der Waals surface area contributed by atoms with Gasteiger partial charge in [0.15, 0.2) is 5.69 Å². The van der Waals surface area contributed by atoms with Crippen molar-refractivity contribution in [2.75, 3.05) is 13.1 Å². The molecule has 0 bridgehead atoms. The number of carbonyl (C=O) groups is 1. The number of rotatable bonds is 4. The molecule has 7 nitrogen and oxygen atoms in total. The average Bonchev–Trinajstić information content (AvgIpc) is 3.41. The van der Waals surface area contributed by atoms with Crippen molar-refractivity contribution < 1.29 is 4.79 Å². The van der Waals surface area contributed by atoms with Gasteiger partial charge in [0.1, 0.15) is 12.2 Å². The number of nitrogens with one attached hydrogen (secondary N) is 1. The number of thiophene rings is 1. The van der Waals surface area contributed by atoms with Gasteiger partial charge in [0.2, 0.25) is 0 Å². The van der Waals surface area contributed by atoms with Gasteiger partial charge < -0.3 is 9.47 Å². The van der Waals surface area contributed by atoms with Crippen LogP contribution in [0.2, 0.25) is 0 Å². The molecule has 0 saturated carbocycles. The van der Waals surface area contributed by atoms with Crippen LogP contribution in [0.15, 0.2) is 29.9 Å². The van der Waals surface area contributed by atoms with Crippen LogP contribution < -0.4 is 0 Å². The predicted octanol–water partition coefficient (Wildman–Crippen LogP) is 2.38. The SMILES string of the molecule is CCc1nncn1[C@H]1CCN(C(=O)c2cc(-c3cccs3)[nH]n2)C1. The molecule has 1 aliphatic heterocycles. The standard InChI is InChI=1S/C16H18N6OS/c1-2-15-20-17-10-22(15)11-5-6-21(9-11)16(23)13-8-12(18-19-13)14-4-3-7-24-14/h3-4,7-8,10-11H,2,5-6,9H2,1H3,(H,18,19)/t11-/m0/s1. The van der Waals surface area contributed by atoms with Crippen LogP contribution in [-0.4, -0.2) is 48.9 Å². The molecule has 1 saturated heterocycles. The molecule has 3 aromatic rings. The predicted molar refractivity (Wildman–Crippen MR) is 90.9 cm³/mol. The van der Waals surface area contributed by atoms with Crippen LogP contribution in [0.3, 0.4) is 0 Å². The highest BCUT2D eigenvalue weighted by atomic mass is 32.1. The maximum Gasteiger partial charge on any atom is 0.274 e. The average molecular weight is 342 g/mol. The molecule has 1 fully saturated rings. The molecule has 0 radical (unpaired) electrons. The number of aryl methyl sites for hydroxylation is 1. The van der Waals surface area contributed by atoms with E-state index in [2.05, 4.69) is 31.9 Å². The molecule has 0 unspecified atom stereocenters. The minimum Gasteiger partial charge on any atom is -0.335 e. The van der Waals surface area contributed by atoms with Gasteiger partial charge in [-0.25, -0.2) is 0 Å². The summed E-state index contributed by atoms with van der Waals surface area (Å²) >= 11 is 1.62. The van der Waals surface area contributed by atoms with Gasteiger partial charge in [-0.05, 0) is 23.9 Å². The zero-order valence-corrected chi connectivity index (χ0v) is 14.2. The van der Waals surface area contributed by atoms with E-state index in [4.69, 9.17) is 0 Å². The third-order valence-corrected chi connectivity index (χ3v) is 5.29. The Kier molecular flexibility index (Phi) is 3.89. The first-order chi connectivity index (χ1) is 11.8. The van der Waals surface area contributed by atoms with Gasteiger partial charge in [-0.3, -0.25) is 9.89 Å². The van der Waals surface area contributed by atoms with Crippen LogP contribution in [0, 0.1) is 0 Å². The third kappa shape index (κ3) is 2.62. The Labute approximate surface area is 143 Å². The van der Waals surface area contributed by atoms with E-state index in [9.17, 15) is 4.79 Å².